The van der Waals surface area contributed by atoms with Crippen molar-refractivity contribution in [2.24, 2.45) is 0 Å². The average molecular weight is 614 g/mol. The molecule has 0 bridgehead atoms. The van der Waals surface area contributed by atoms with Crippen LogP contribution in [0, 0.1) is 6.92 Å². The minimum absolute atomic E-state index is 0.0653. The summed E-state index contributed by atoms with van der Waals surface area (Å²) in [5.41, 5.74) is -0.707. The second kappa shape index (κ2) is 10.9. The summed E-state index contributed by atoms with van der Waals surface area (Å²) in [6.45, 7) is 1.13. The summed E-state index contributed by atoms with van der Waals surface area (Å²) in [5, 5.41) is 11.1. The number of anilines is 2. The minimum atomic E-state index is -4.84. The molecule has 4 rings (SSSR count). The van der Waals surface area contributed by atoms with Gasteiger partial charge in [0.1, 0.15) is 11.9 Å². The van der Waals surface area contributed by atoms with Crippen molar-refractivity contribution in [2.75, 3.05) is 16.2 Å². The number of alkyl halides is 3. The molecule has 0 aromatic heterocycles. The maximum absolute atomic E-state index is 13.6. The summed E-state index contributed by atoms with van der Waals surface area (Å²) in [4.78, 5) is 22.9. The Kier molecular flexibility index (Phi) is 7.91. The predicted octanol–water partition coefficient (Wildman–Crippen LogP) is 3.96. The first kappa shape index (κ1) is 29.7. The molecule has 0 saturated heterocycles. The number of ether oxygens (including phenoxy) is 1. The lowest BCUT2D eigenvalue weighted by Crippen LogP contribution is -2.46. The molecule has 41 heavy (non-hydrogen) atoms. The van der Waals surface area contributed by atoms with Gasteiger partial charge in [-0.2, -0.15) is 13.2 Å². The fourth-order valence-electron chi connectivity index (χ4n) is 3.98. The lowest BCUT2D eigenvalue weighted by molar-refractivity contribution is -0.137. The lowest BCUT2D eigenvalue weighted by atomic mass is 10.1. The number of carboxylic acid groups (broad SMARTS) is 1. The molecule has 0 saturated carbocycles. The van der Waals surface area contributed by atoms with Crippen LogP contribution in [0.5, 0.6) is 5.75 Å². The molecule has 1 aliphatic rings. The van der Waals surface area contributed by atoms with Gasteiger partial charge in [0, 0.05) is 5.69 Å². The first-order chi connectivity index (χ1) is 19.1. The van der Waals surface area contributed by atoms with Crippen LogP contribution in [0.1, 0.15) is 17.5 Å². The van der Waals surface area contributed by atoms with Crippen LogP contribution in [0.25, 0.3) is 0 Å². The van der Waals surface area contributed by atoms with Crippen LogP contribution < -0.4 is 19.1 Å². The van der Waals surface area contributed by atoms with Gasteiger partial charge in [-0.05, 0) is 55.5 Å². The van der Waals surface area contributed by atoms with E-state index in [1.807, 2.05) is 10.0 Å². The van der Waals surface area contributed by atoms with Gasteiger partial charge in [-0.1, -0.05) is 23.8 Å². The van der Waals surface area contributed by atoms with Crippen molar-refractivity contribution < 1.29 is 49.4 Å². The Hall–Kier alpha value is -4.31. The molecule has 1 unspecified atom stereocenters. The van der Waals surface area contributed by atoms with Crippen LogP contribution in [0.15, 0.2) is 76.5 Å². The van der Waals surface area contributed by atoms with Crippen molar-refractivity contribution in [3.63, 3.8) is 0 Å². The molecule has 1 heterocycles. The van der Waals surface area contributed by atoms with Gasteiger partial charge in [0.2, 0.25) is 5.91 Å². The van der Waals surface area contributed by atoms with Crippen molar-refractivity contribution in [2.45, 2.75) is 35.4 Å². The summed E-state index contributed by atoms with van der Waals surface area (Å²) in [5.74, 6) is -1.17. The monoisotopic (exact) mass is 613 g/mol. The number of amides is 2. The van der Waals surface area contributed by atoms with Gasteiger partial charge in [-0.3, -0.25) is 14.4 Å². The highest BCUT2D eigenvalue weighted by molar-refractivity contribution is 7.92. The molecular formula is C25H22F3N3O8S2. The van der Waals surface area contributed by atoms with Crippen molar-refractivity contribution in [1.29, 1.82) is 0 Å². The molecule has 1 atom stereocenters. The zero-order valence-corrected chi connectivity index (χ0v) is 22.7. The largest absolute Gasteiger partial charge is 0.486 e. The van der Waals surface area contributed by atoms with E-state index in [9.17, 15) is 39.6 Å². The molecule has 2 amide bonds. The number of aryl methyl sites for hydroxylation is 1. The molecule has 11 nitrogen and oxygen atoms in total. The van der Waals surface area contributed by atoms with E-state index >= 15 is 0 Å². The van der Waals surface area contributed by atoms with E-state index in [1.165, 1.54) is 36.4 Å². The molecule has 16 heteroatoms. The van der Waals surface area contributed by atoms with Gasteiger partial charge >= 0.3 is 12.3 Å². The Morgan fingerprint density at radius 2 is 1.68 bits per heavy atom. The zero-order chi connectivity index (χ0) is 30.2. The number of halogens is 3. The molecule has 0 aliphatic carbocycles. The minimum Gasteiger partial charge on any atom is -0.486 e. The Balaban J connectivity index is 1.67. The number of fused-ring (bicyclic) bond motifs is 1. The van der Waals surface area contributed by atoms with E-state index in [-0.39, 0.29) is 22.0 Å². The zero-order valence-electron chi connectivity index (χ0n) is 21.0. The highest BCUT2D eigenvalue weighted by Gasteiger charge is 2.38. The lowest BCUT2D eigenvalue weighted by Gasteiger charge is -2.35. The van der Waals surface area contributed by atoms with Crippen LogP contribution in [-0.4, -0.2) is 46.6 Å². The number of hydrogen-bond acceptors (Lipinski definition) is 7. The third-order valence-electron chi connectivity index (χ3n) is 5.88. The number of carbonyl (C=O) groups excluding carboxylic acids is 1. The van der Waals surface area contributed by atoms with Crippen LogP contribution in [0.3, 0.4) is 0 Å². The van der Waals surface area contributed by atoms with Gasteiger partial charge in [-0.25, -0.2) is 26.4 Å². The Morgan fingerprint density at radius 1 is 1.00 bits per heavy atom. The fraction of sp³-hybridized carbons (Fsp3) is 0.200. The van der Waals surface area contributed by atoms with Crippen molar-refractivity contribution in [1.82, 2.24) is 4.72 Å². The number of sulfonamides is 2. The van der Waals surface area contributed by atoms with Crippen LogP contribution in [0.2, 0.25) is 0 Å². The normalized spacial score (nSPS) is 15.4. The highest BCUT2D eigenvalue weighted by Crippen LogP contribution is 2.40. The maximum Gasteiger partial charge on any atom is 0.416 e. The molecule has 0 fully saturated rings. The van der Waals surface area contributed by atoms with Crippen LogP contribution in [-0.2, 0) is 31.0 Å². The maximum atomic E-state index is 13.6. The van der Waals surface area contributed by atoms with Crippen molar-refractivity contribution in [3.8, 4) is 5.75 Å². The third kappa shape index (κ3) is 6.71. The highest BCUT2D eigenvalue weighted by atomic mass is 32.2. The van der Waals surface area contributed by atoms with Crippen molar-refractivity contribution in [3.05, 3.63) is 77.9 Å². The molecule has 1 aliphatic heterocycles. The smallest absolute Gasteiger partial charge is 0.416 e. The van der Waals surface area contributed by atoms with Crippen LogP contribution in [0.4, 0.5) is 29.3 Å². The Morgan fingerprint density at radius 3 is 2.32 bits per heavy atom. The summed E-state index contributed by atoms with van der Waals surface area (Å²) in [6, 6.07) is 12.2. The molecule has 0 spiro atoms. The number of nitrogens with one attached hydrogen (secondary N) is 2. The van der Waals surface area contributed by atoms with E-state index in [2.05, 4.69) is 0 Å². The molecule has 3 aromatic carbocycles. The number of nitrogens with zero attached hydrogens (tertiary/aromatic N) is 1. The molecular weight excluding hydrogens is 591 g/mol. The quantitative estimate of drug-likeness (QED) is 0.361. The average Bonchev–Trinajstić information content (AvgIpc) is 2.87. The second-order valence-electron chi connectivity index (χ2n) is 8.96. The first-order valence-electron chi connectivity index (χ1n) is 11.7. The van der Waals surface area contributed by atoms with E-state index in [0.717, 1.165) is 23.8 Å². The van der Waals surface area contributed by atoms with E-state index in [0.29, 0.717) is 16.4 Å². The second-order valence-corrected chi connectivity index (χ2v) is 12.5. The van der Waals surface area contributed by atoms with E-state index < -0.39 is 67.8 Å². The van der Waals surface area contributed by atoms with E-state index in [4.69, 9.17) is 9.84 Å². The summed E-state index contributed by atoms with van der Waals surface area (Å²) in [7, 11) is -8.99. The van der Waals surface area contributed by atoms with Gasteiger partial charge in [-0.15, -0.1) is 0 Å². The van der Waals surface area contributed by atoms with Crippen molar-refractivity contribution >= 4 is 43.4 Å². The van der Waals surface area contributed by atoms with Crippen LogP contribution >= 0.6 is 0 Å². The number of rotatable bonds is 7. The molecule has 218 valence electrons. The van der Waals surface area contributed by atoms with Gasteiger partial charge in [0.15, 0.2) is 0 Å². The molecule has 3 aromatic rings. The number of hydrogen-bond donors (Lipinski definition) is 3. The van der Waals surface area contributed by atoms with E-state index in [1.54, 1.807) is 6.92 Å². The number of benzene rings is 3. The van der Waals surface area contributed by atoms with Gasteiger partial charge in [0.05, 0.1) is 34.0 Å². The SMILES string of the molecule is Cc1ccc(S(=O)(=O)NC(=O)CC2CN(S(=O)(=O)c3cccc(C(F)(F)F)c3)c3cc(NC(=O)O)ccc3O2)cc1. The topological polar surface area (TPSA) is 159 Å². The third-order valence-corrected chi connectivity index (χ3v) is 9.05. The fourth-order valence-corrected chi connectivity index (χ4v) is 6.52. The summed E-state index contributed by atoms with van der Waals surface area (Å²) in [6.07, 6.45) is -8.21. The summed E-state index contributed by atoms with van der Waals surface area (Å²) >= 11 is 0. The number of carbonyl (C=O) groups is 2. The van der Waals surface area contributed by atoms with Gasteiger partial charge < -0.3 is 9.84 Å². The molecule has 3 N–H and O–H groups in total. The molecule has 0 radical (unpaired) electrons. The standard InChI is InChI=1S/C25H22F3N3O8S2/c1-15-5-8-19(9-6-15)40(35,36)30-23(32)13-18-14-31(21-12-17(29-24(33)34)7-10-22(21)39-18)41(37,38)20-4-2-3-16(11-20)25(26,27)28/h2-12,18,29H,13-14H2,1H3,(H,30,32)(H,33,34). The van der Waals surface area contributed by atoms with Gasteiger partial charge in [0.25, 0.3) is 20.0 Å². The predicted molar refractivity (Wildman–Crippen MR) is 140 cm³/mol. The summed E-state index contributed by atoms with van der Waals surface area (Å²) < 4.78 is 101. The Bertz CT molecular complexity index is 1710. The Labute approximate surface area is 232 Å². The first-order valence-corrected chi connectivity index (χ1v) is 14.6.